The number of aromatic nitrogens is 1. The minimum absolute atomic E-state index is 0.0839. The smallest absolute Gasteiger partial charge is 0.312 e. The fourth-order valence-corrected chi connectivity index (χ4v) is 1.49. The number of hydrogen-bond acceptors (Lipinski definition) is 3. The van der Waals surface area contributed by atoms with E-state index in [1.54, 1.807) is 19.2 Å². The lowest BCUT2D eigenvalue weighted by atomic mass is 10.1. The number of nitrogens with zero attached hydrogens (tertiary/aromatic N) is 1. The Morgan fingerprint density at radius 3 is 3.00 bits per heavy atom. The van der Waals surface area contributed by atoms with Gasteiger partial charge in [-0.15, -0.1) is 0 Å². The van der Waals surface area contributed by atoms with E-state index in [2.05, 4.69) is 26.2 Å². The first-order valence-corrected chi connectivity index (χ1v) is 5.15. The van der Waals surface area contributed by atoms with Crippen molar-refractivity contribution in [3.63, 3.8) is 0 Å². The predicted molar refractivity (Wildman–Crippen MR) is 59.0 cm³/mol. The van der Waals surface area contributed by atoms with E-state index in [9.17, 15) is 4.79 Å². The molecule has 5 nitrogen and oxygen atoms in total. The Morgan fingerprint density at radius 1 is 1.80 bits per heavy atom. The van der Waals surface area contributed by atoms with Crippen LogP contribution in [0.2, 0.25) is 0 Å². The molecule has 2 amide bonds. The molecule has 0 aliphatic heterocycles. The van der Waals surface area contributed by atoms with Crippen LogP contribution in [0.5, 0.6) is 0 Å². The zero-order valence-electron chi connectivity index (χ0n) is 8.20. The van der Waals surface area contributed by atoms with Crippen LogP contribution >= 0.6 is 15.9 Å². The Morgan fingerprint density at radius 2 is 2.47 bits per heavy atom. The van der Waals surface area contributed by atoms with Gasteiger partial charge in [0, 0.05) is 10.7 Å². The van der Waals surface area contributed by atoms with E-state index in [-0.39, 0.29) is 12.6 Å². The van der Waals surface area contributed by atoms with Crippen LogP contribution in [-0.4, -0.2) is 16.1 Å². The molecule has 4 N–H and O–H groups in total. The van der Waals surface area contributed by atoms with Gasteiger partial charge in [-0.05, 0) is 34.5 Å². The standard InChI is InChI=1S/C9H12BrN3O2/c1-5(13-9(11)15)8-2-6(4-14)7(10)3-12-8/h2-3,5,14H,4H2,1H3,(H3,11,13,15). The number of hydrogen-bond donors (Lipinski definition) is 3. The Hall–Kier alpha value is -1.14. The van der Waals surface area contributed by atoms with Crippen LogP contribution in [0.15, 0.2) is 16.7 Å². The Balaban J connectivity index is 2.90. The van der Waals surface area contributed by atoms with Gasteiger partial charge in [0.1, 0.15) is 0 Å². The molecule has 0 fully saturated rings. The van der Waals surface area contributed by atoms with Gasteiger partial charge in [0.15, 0.2) is 0 Å². The monoisotopic (exact) mass is 273 g/mol. The maximum absolute atomic E-state index is 10.6. The molecular formula is C9H12BrN3O2. The molecule has 0 aromatic carbocycles. The second-order valence-corrected chi connectivity index (χ2v) is 3.94. The Kier molecular flexibility index (Phi) is 4.05. The van der Waals surface area contributed by atoms with Crippen LogP contribution in [0.1, 0.15) is 24.2 Å². The van der Waals surface area contributed by atoms with Crippen molar-refractivity contribution >= 4 is 22.0 Å². The lowest BCUT2D eigenvalue weighted by Gasteiger charge is -2.12. The van der Waals surface area contributed by atoms with Gasteiger partial charge in [-0.25, -0.2) is 4.79 Å². The normalized spacial score (nSPS) is 12.2. The number of rotatable bonds is 3. The quantitative estimate of drug-likeness (QED) is 0.770. The Bertz CT molecular complexity index is 370. The molecule has 0 spiro atoms. The summed E-state index contributed by atoms with van der Waals surface area (Å²) in [7, 11) is 0. The summed E-state index contributed by atoms with van der Waals surface area (Å²) in [5.74, 6) is 0. The highest BCUT2D eigenvalue weighted by atomic mass is 79.9. The molecule has 1 rings (SSSR count). The SMILES string of the molecule is CC(NC(N)=O)c1cc(CO)c(Br)cn1. The highest BCUT2D eigenvalue weighted by molar-refractivity contribution is 9.10. The number of aliphatic hydroxyl groups excluding tert-OH is 1. The van der Waals surface area contributed by atoms with E-state index in [0.717, 1.165) is 10.0 Å². The molecular weight excluding hydrogens is 262 g/mol. The molecule has 0 aliphatic rings. The zero-order chi connectivity index (χ0) is 11.4. The predicted octanol–water partition coefficient (Wildman–Crippen LogP) is 1.07. The molecule has 0 saturated heterocycles. The van der Waals surface area contributed by atoms with Crippen molar-refractivity contribution in [2.75, 3.05) is 0 Å². The van der Waals surface area contributed by atoms with Crippen molar-refractivity contribution in [3.8, 4) is 0 Å². The number of carbonyl (C=O) groups is 1. The topological polar surface area (TPSA) is 88.2 Å². The summed E-state index contributed by atoms with van der Waals surface area (Å²) in [5, 5.41) is 11.5. The second-order valence-electron chi connectivity index (χ2n) is 3.09. The molecule has 15 heavy (non-hydrogen) atoms. The van der Waals surface area contributed by atoms with E-state index in [0.29, 0.717) is 5.69 Å². The number of amides is 2. The minimum Gasteiger partial charge on any atom is -0.392 e. The summed E-state index contributed by atoms with van der Waals surface area (Å²) in [6.07, 6.45) is 1.58. The summed E-state index contributed by atoms with van der Waals surface area (Å²) in [5.41, 5.74) is 6.37. The third kappa shape index (κ3) is 3.17. The number of carbonyl (C=O) groups excluding carboxylic acids is 1. The van der Waals surface area contributed by atoms with Gasteiger partial charge in [0.05, 0.1) is 18.3 Å². The van der Waals surface area contributed by atoms with Gasteiger partial charge < -0.3 is 16.2 Å². The van der Waals surface area contributed by atoms with Crippen molar-refractivity contribution in [3.05, 3.63) is 28.0 Å². The number of halogens is 1. The third-order valence-corrected chi connectivity index (χ3v) is 2.64. The molecule has 1 atom stereocenters. The number of pyridine rings is 1. The van der Waals surface area contributed by atoms with Gasteiger partial charge in [-0.1, -0.05) is 0 Å². The first-order chi connectivity index (χ1) is 7.04. The first-order valence-electron chi connectivity index (χ1n) is 4.35. The minimum atomic E-state index is -0.599. The average Bonchev–Trinajstić information content (AvgIpc) is 2.17. The van der Waals surface area contributed by atoms with E-state index < -0.39 is 6.03 Å². The molecule has 0 bridgehead atoms. The fourth-order valence-electron chi connectivity index (χ4n) is 1.14. The maximum atomic E-state index is 10.6. The molecule has 6 heteroatoms. The summed E-state index contributed by atoms with van der Waals surface area (Å²) in [6.45, 7) is 1.68. The van der Waals surface area contributed by atoms with Gasteiger partial charge >= 0.3 is 6.03 Å². The highest BCUT2D eigenvalue weighted by Gasteiger charge is 2.10. The van der Waals surface area contributed by atoms with E-state index in [4.69, 9.17) is 10.8 Å². The molecule has 82 valence electrons. The van der Waals surface area contributed by atoms with E-state index >= 15 is 0 Å². The lowest BCUT2D eigenvalue weighted by Crippen LogP contribution is -2.32. The van der Waals surface area contributed by atoms with Gasteiger partial charge in [0.2, 0.25) is 0 Å². The number of aliphatic hydroxyl groups is 1. The Labute approximate surface area is 95.8 Å². The van der Waals surface area contributed by atoms with Crippen LogP contribution in [0.3, 0.4) is 0 Å². The summed E-state index contributed by atoms with van der Waals surface area (Å²) in [6, 6.07) is 0.837. The first kappa shape index (κ1) is 11.9. The molecule has 1 aromatic heterocycles. The van der Waals surface area contributed by atoms with E-state index in [1.165, 1.54) is 0 Å². The number of nitrogens with two attached hydrogens (primary N) is 1. The molecule has 1 heterocycles. The highest BCUT2D eigenvalue weighted by Crippen LogP contribution is 2.19. The van der Waals surface area contributed by atoms with Crippen LogP contribution in [0, 0.1) is 0 Å². The van der Waals surface area contributed by atoms with Crippen molar-refractivity contribution < 1.29 is 9.90 Å². The number of nitrogens with one attached hydrogen (secondary N) is 1. The van der Waals surface area contributed by atoms with Gasteiger partial charge in [-0.3, -0.25) is 4.98 Å². The number of primary amides is 1. The molecule has 0 saturated carbocycles. The second kappa shape index (κ2) is 5.09. The van der Waals surface area contributed by atoms with Crippen LogP contribution in [0.4, 0.5) is 4.79 Å². The largest absolute Gasteiger partial charge is 0.392 e. The van der Waals surface area contributed by atoms with Crippen LogP contribution in [0.25, 0.3) is 0 Å². The maximum Gasteiger partial charge on any atom is 0.312 e. The molecule has 0 radical (unpaired) electrons. The van der Waals surface area contributed by atoms with Crippen LogP contribution < -0.4 is 11.1 Å². The zero-order valence-corrected chi connectivity index (χ0v) is 9.78. The van der Waals surface area contributed by atoms with Crippen LogP contribution in [-0.2, 0) is 6.61 Å². The average molecular weight is 274 g/mol. The van der Waals surface area contributed by atoms with Crippen molar-refractivity contribution in [1.29, 1.82) is 0 Å². The summed E-state index contributed by atoms with van der Waals surface area (Å²) in [4.78, 5) is 14.7. The molecule has 0 aliphatic carbocycles. The summed E-state index contributed by atoms with van der Waals surface area (Å²) < 4.78 is 0.736. The van der Waals surface area contributed by atoms with Crippen molar-refractivity contribution in [2.24, 2.45) is 5.73 Å². The molecule has 1 aromatic rings. The lowest BCUT2D eigenvalue weighted by molar-refractivity contribution is 0.246. The molecule has 1 unspecified atom stereocenters. The fraction of sp³-hybridized carbons (Fsp3) is 0.333. The van der Waals surface area contributed by atoms with Crippen molar-refractivity contribution in [1.82, 2.24) is 10.3 Å². The van der Waals surface area contributed by atoms with Gasteiger partial charge in [0.25, 0.3) is 0 Å². The van der Waals surface area contributed by atoms with Crippen molar-refractivity contribution in [2.45, 2.75) is 19.6 Å². The summed E-state index contributed by atoms with van der Waals surface area (Å²) >= 11 is 3.26. The number of urea groups is 1. The third-order valence-electron chi connectivity index (χ3n) is 1.93. The van der Waals surface area contributed by atoms with Gasteiger partial charge in [-0.2, -0.15) is 0 Å². The van der Waals surface area contributed by atoms with E-state index in [1.807, 2.05) is 0 Å².